The van der Waals surface area contributed by atoms with E-state index in [4.69, 9.17) is 0 Å². The van der Waals surface area contributed by atoms with Crippen LogP contribution in [-0.4, -0.2) is 16.7 Å². The van der Waals surface area contributed by atoms with Gasteiger partial charge in [0, 0.05) is 23.5 Å². The van der Waals surface area contributed by atoms with Gasteiger partial charge >= 0.3 is 0 Å². The Bertz CT molecular complexity index is 1600. The molecule has 0 aliphatic heterocycles. The summed E-state index contributed by atoms with van der Waals surface area (Å²) in [6.07, 6.45) is 3.57. The molecule has 39 heavy (non-hydrogen) atoms. The van der Waals surface area contributed by atoms with Crippen LogP contribution in [0.25, 0.3) is 11.4 Å². The van der Waals surface area contributed by atoms with Crippen LogP contribution in [0.1, 0.15) is 44.5 Å². The Morgan fingerprint density at radius 2 is 1.05 bits per heavy atom. The SMILES string of the molecule is Cc1cc(C)c(B(c2ccc(C#Cc3ccnc(-c4ccccn4)c3)cc2)c2c(C)cc(C)cc2C)c(C)c1. The molecular weight excluding hydrogens is 471 g/mol. The van der Waals surface area contributed by atoms with Gasteiger partial charge in [-0.05, 0) is 77.9 Å². The molecule has 0 radical (unpaired) electrons. The van der Waals surface area contributed by atoms with E-state index in [1.54, 1.807) is 12.4 Å². The first-order valence-electron chi connectivity index (χ1n) is 13.4. The molecule has 0 amide bonds. The molecule has 5 rings (SSSR count). The summed E-state index contributed by atoms with van der Waals surface area (Å²) in [5.41, 5.74) is 15.6. The van der Waals surface area contributed by atoms with Crippen LogP contribution in [0.15, 0.2) is 91.3 Å². The van der Waals surface area contributed by atoms with E-state index in [2.05, 4.69) is 112 Å². The number of rotatable bonds is 4. The Morgan fingerprint density at radius 3 is 1.59 bits per heavy atom. The number of aryl methyl sites for hydroxylation is 6. The topological polar surface area (TPSA) is 25.8 Å². The van der Waals surface area contributed by atoms with E-state index >= 15 is 0 Å². The normalized spacial score (nSPS) is 10.6. The molecule has 0 spiro atoms. The standard InChI is InChI=1S/C36H33BN2/c1-24-19-26(3)35(27(4)20-24)37(36-28(5)21-25(2)22-29(36)6)32-14-12-30(13-15-32)10-11-31-16-18-39-34(23-31)33-9-7-8-17-38-33/h7-9,12-23H,1-6H3. The highest BCUT2D eigenvalue weighted by Gasteiger charge is 2.28. The maximum absolute atomic E-state index is 4.46. The summed E-state index contributed by atoms with van der Waals surface area (Å²) in [5, 5.41) is 0. The number of benzene rings is 3. The molecule has 190 valence electrons. The van der Waals surface area contributed by atoms with Gasteiger partial charge in [0.15, 0.2) is 0 Å². The molecule has 0 aliphatic carbocycles. The fourth-order valence-electron chi connectivity index (χ4n) is 5.84. The fourth-order valence-corrected chi connectivity index (χ4v) is 5.84. The number of hydrogen-bond donors (Lipinski definition) is 0. The van der Waals surface area contributed by atoms with Gasteiger partial charge in [0.2, 0.25) is 6.71 Å². The predicted octanol–water partition coefficient (Wildman–Crippen LogP) is 5.91. The summed E-state index contributed by atoms with van der Waals surface area (Å²) >= 11 is 0. The summed E-state index contributed by atoms with van der Waals surface area (Å²) in [7, 11) is 0. The van der Waals surface area contributed by atoms with E-state index in [-0.39, 0.29) is 6.71 Å². The first-order valence-corrected chi connectivity index (χ1v) is 13.4. The van der Waals surface area contributed by atoms with Gasteiger partial charge in [-0.1, -0.05) is 104 Å². The van der Waals surface area contributed by atoms with Gasteiger partial charge in [-0.25, -0.2) is 0 Å². The quantitative estimate of drug-likeness (QED) is 0.225. The van der Waals surface area contributed by atoms with Gasteiger partial charge in [0.25, 0.3) is 0 Å². The Labute approximate surface area is 233 Å². The average Bonchev–Trinajstić information content (AvgIpc) is 2.91. The van der Waals surface area contributed by atoms with Crippen molar-refractivity contribution in [2.75, 3.05) is 0 Å². The molecule has 0 saturated carbocycles. The van der Waals surface area contributed by atoms with Crippen LogP contribution in [0.3, 0.4) is 0 Å². The monoisotopic (exact) mass is 504 g/mol. The van der Waals surface area contributed by atoms with Gasteiger partial charge in [0.05, 0.1) is 11.4 Å². The van der Waals surface area contributed by atoms with E-state index in [1.165, 1.54) is 49.8 Å². The maximum atomic E-state index is 4.46. The molecule has 5 aromatic rings. The van der Waals surface area contributed by atoms with E-state index in [1.807, 2.05) is 30.3 Å². The average molecular weight is 504 g/mol. The lowest BCUT2D eigenvalue weighted by Crippen LogP contribution is -2.55. The van der Waals surface area contributed by atoms with Crippen molar-refractivity contribution in [1.29, 1.82) is 0 Å². The zero-order valence-corrected chi connectivity index (χ0v) is 23.6. The minimum Gasteiger partial charge on any atom is -0.255 e. The van der Waals surface area contributed by atoms with Crippen LogP contribution >= 0.6 is 0 Å². The van der Waals surface area contributed by atoms with Gasteiger partial charge in [-0.15, -0.1) is 0 Å². The third-order valence-electron chi connectivity index (χ3n) is 7.34. The van der Waals surface area contributed by atoms with Crippen molar-refractivity contribution in [2.24, 2.45) is 0 Å². The molecule has 2 nitrogen and oxygen atoms in total. The molecule has 2 heterocycles. The van der Waals surface area contributed by atoms with Crippen molar-refractivity contribution in [3.8, 4) is 23.2 Å². The molecule has 2 aromatic heterocycles. The van der Waals surface area contributed by atoms with Crippen molar-refractivity contribution in [3.63, 3.8) is 0 Å². The zero-order chi connectivity index (χ0) is 27.5. The summed E-state index contributed by atoms with van der Waals surface area (Å²) < 4.78 is 0. The molecule has 0 fully saturated rings. The maximum Gasteiger partial charge on any atom is 0.242 e. The molecule has 0 unspecified atom stereocenters. The number of nitrogens with zero attached hydrogens (tertiary/aromatic N) is 2. The van der Waals surface area contributed by atoms with Gasteiger partial charge in [-0.2, -0.15) is 0 Å². The molecule has 0 saturated heterocycles. The van der Waals surface area contributed by atoms with Gasteiger partial charge < -0.3 is 0 Å². The van der Waals surface area contributed by atoms with Crippen LogP contribution < -0.4 is 16.4 Å². The van der Waals surface area contributed by atoms with Crippen molar-refractivity contribution < 1.29 is 0 Å². The second-order valence-electron chi connectivity index (χ2n) is 10.6. The Balaban J connectivity index is 1.53. The highest BCUT2D eigenvalue weighted by Crippen LogP contribution is 2.15. The molecule has 0 aliphatic rings. The van der Waals surface area contributed by atoms with Crippen LogP contribution in [-0.2, 0) is 0 Å². The van der Waals surface area contributed by atoms with Crippen molar-refractivity contribution >= 4 is 23.1 Å². The van der Waals surface area contributed by atoms with E-state index in [9.17, 15) is 0 Å². The second-order valence-corrected chi connectivity index (χ2v) is 10.6. The summed E-state index contributed by atoms with van der Waals surface area (Å²) in [6.45, 7) is 13.5. The zero-order valence-electron chi connectivity index (χ0n) is 23.6. The van der Waals surface area contributed by atoms with E-state index in [0.29, 0.717) is 0 Å². The summed E-state index contributed by atoms with van der Waals surface area (Å²) in [4.78, 5) is 8.87. The fraction of sp³-hybridized carbons (Fsp3) is 0.167. The van der Waals surface area contributed by atoms with Crippen LogP contribution in [0.4, 0.5) is 0 Å². The van der Waals surface area contributed by atoms with E-state index < -0.39 is 0 Å². The lowest BCUT2D eigenvalue weighted by molar-refractivity contribution is 1.24. The molecule has 0 N–H and O–H groups in total. The molecule has 0 atom stereocenters. The third-order valence-corrected chi connectivity index (χ3v) is 7.34. The van der Waals surface area contributed by atoms with Crippen molar-refractivity contribution in [1.82, 2.24) is 9.97 Å². The Morgan fingerprint density at radius 1 is 0.513 bits per heavy atom. The van der Waals surface area contributed by atoms with Crippen molar-refractivity contribution in [2.45, 2.75) is 41.5 Å². The third kappa shape index (κ3) is 5.71. The van der Waals surface area contributed by atoms with Gasteiger partial charge in [-0.3, -0.25) is 9.97 Å². The number of hydrogen-bond acceptors (Lipinski definition) is 2. The Hall–Kier alpha value is -4.42. The highest BCUT2D eigenvalue weighted by molar-refractivity contribution is 6.96. The van der Waals surface area contributed by atoms with Gasteiger partial charge in [0.1, 0.15) is 0 Å². The first kappa shape index (κ1) is 26.2. The summed E-state index contributed by atoms with van der Waals surface area (Å²) in [6, 6.07) is 27.8. The lowest BCUT2D eigenvalue weighted by atomic mass is 9.34. The van der Waals surface area contributed by atoms with E-state index in [0.717, 1.165) is 22.5 Å². The minimum atomic E-state index is 0.161. The minimum absolute atomic E-state index is 0.161. The van der Waals surface area contributed by atoms with Crippen molar-refractivity contribution in [3.05, 3.63) is 136 Å². The van der Waals surface area contributed by atoms with Crippen LogP contribution in [0.2, 0.25) is 0 Å². The Kier molecular flexibility index (Phi) is 7.48. The molecule has 0 bridgehead atoms. The first-order chi connectivity index (χ1) is 18.8. The summed E-state index contributed by atoms with van der Waals surface area (Å²) in [5.74, 6) is 6.66. The number of aromatic nitrogens is 2. The highest BCUT2D eigenvalue weighted by atomic mass is 14.8. The smallest absolute Gasteiger partial charge is 0.242 e. The number of pyridine rings is 2. The lowest BCUT2D eigenvalue weighted by Gasteiger charge is -2.24. The van der Waals surface area contributed by atoms with Crippen LogP contribution in [0.5, 0.6) is 0 Å². The predicted molar refractivity (Wildman–Crippen MR) is 166 cm³/mol. The molecule has 3 heteroatoms. The molecular formula is C36H33BN2. The largest absolute Gasteiger partial charge is 0.255 e. The van der Waals surface area contributed by atoms with Crippen LogP contribution in [0, 0.1) is 53.4 Å². The second kappa shape index (κ2) is 11.1. The molecule has 3 aromatic carbocycles.